The summed E-state index contributed by atoms with van der Waals surface area (Å²) >= 11 is 0. The second-order valence-corrected chi connectivity index (χ2v) is 4.82. The molecule has 4 heteroatoms. The van der Waals surface area contributed by atoms with Gasteiger partial charge in [0.15, 0.2) is 0 Å². The van der Waals surface area contributed by atoms with E-state index in [-0.39, 0.29) is 0 Å². The summed E-state index contributed by atoms with van der Waals surface area (Å²) in [4.78, 5) is 8.44. The zero-order valence-corrected chi connectivity index (χ0v) is 12.3. The quantitative estimate of drug-likeness (QED) is 0.708. The Morgan fingerprint density at radius 2 is 1.45 bits per heavy atom. The van der Waals surface area contributed by atoms with E-state index in [0.29, 0.717) is 6.61 Å². The lowest BCUT2D eigenvalue weighted by Gasteiger charge is -2.08. The molecule has 0 amide bonds. The molecule has 0 aliphatic rings. The van der Waals surface area contributed by atoms with E-state index in [1.807, 2.05) is 61.5 Å². The number of aryl methyl sites for hydroxylation is 1. The fourth-order valence-corrected chi connectivity index (χ4v) is 1.88. The van der Waals surface area contributed by atoms with Crippen molar-refractivity contribution in [1.82, 2.24) is 9.97 Å². The molecule has 0 aliphatic carbocycles. The topological polar surface area (TPSA) is 44.2 Å². The molecule has 110 valence electrons. The second-order valence-electron chi connectivity index (χ2n) is 4.82. The van der Waals surface area contributed by atoms with Crippen molar-refractivity contribution in [1.29, 1.82) is 0 Å². The van der Waals surface area contributed by atoms with E-state index < -0.39 is 0 Å². The zero-order chi connectivity index (χ0) is 15.2. The van der Waals surface area contributed by atoms with Crippen LogP contribution in [0.4, 0.5) is 0 Å². The molecule has 0 bridgehead atoms. The lowest BCUT2D eigenvalue weighted by atomic mass is 10.3. The Morgan fingerprint density at radius 1 is 0.773 bits per heavy atom. The van der Waals surface area contributed by atoms with Crippen LogP contribution >= 0.6 is 0 Å². The molecule has 3 aromatic rings. The molecule has 3 rings (SSSR count). The maximum Gasteiger partial charge on any atom is 0.132 e. The van der Waals surface area contributed by atoms with Gasteiger partial charge in [-0.2, -0.15) is 0 Å². The van der Waals surface area contributed by atoms with Crippen LogP contribution < -0.4 is 9.47 Å². The highest BCUT2D eigenvalue weighted by atomic mass is 16.5. The van der Waals surface area contributed by atoms with E-state index in [0.717, 1.165) is 28.6 Å². The molecular weight excluding hydrogens is 276 g/mol. The van der Waals surface area contributed by atoms with Gasteiger partial charge in [0, 0.05) is 6.20 Å². The molecule has 0 unspecified atom stereocenters. The van der Waals surface area contributed by atoms with Crippen molar-refractivity contribution in [3.05, 3.63) is 78.4 Å². The van der Waals surface area contributed by atoms with Gasteiger partial charge in [-0.25, -0.2) is 0 Å². The number of benzene rings is 2. The maximum absolute atomic E-state index is 5.73. The molecule has 1 heterocycles. The van der Waals surface area contributed by atoms with Crippen molar-refractivity contribution in [2.75, 3.05) is 0 Å². The minimum atomic E-state index is 0.395. The molecule has 0 aliphatic heterocycles. The summed E-state index contributed by atoms with van der Waals surface area (Å²) in [5.74, 6) is 2.35. The van der Waals surface area contributed by atoms with E-state index in [1.54, 1.807) is 12.4 Å². The number of para-hydroxylation sites is 1. The van der Waals surface area contributed by atoms with Crippen LogP contribution in [0.2, 0.25) is 0 Å². The second kappa shape index (κ2) is 6.72. The highest BCUT2D eigenvalue weighted by Gasteiger charge is 2.00. The number of hydrogen-bond acceptors (Lipinski definition) is 4. The van der Waals surface area contributed by atoms with Crippen LogP contribution in [0, 0.1) is 6.92 Å². The smallest absolute Gasteiger partial charge is 0.132 e. The largest absolute Gasteiger partial charge is 0.487 e. The summed E-state index contributed by atoms with van der Waals surface area (Å²) in [6, 6.07) is 17.2. The standard InChI is InChI=1S/C18H16N2O2/c1-14-11-20-15(12-19-14)13-21-16-7-9-18(10-8-16)22-17-5-3-2-4-6-17/h2-12H,13H2,1H3. The van der Waals surface area contributed by atoms with Crippen LogP contribution in [-0.4, -0.2) is 9.97 Å². The molecule has 22 heavy (non-hydrogen) atoms. The molecule has 0 saturated heterocycles. The summed E-state index contributed by atoms with van der Waals surface area (Å²) in [5.41, 5.74) is 1.70. The first kappa shape index (κ1) is 14.1. The van der Waals surface area contributed by atoms with Gasteiger partial charge in [0.1, 0.15) is 23.9 Å². The number of nitrogens with zero attached hydrogens (tertiary/aromatic N) is 2. The van der Waals surface area contributed by atoms with Gasteiger partial charge in [-0.3, -0.25) is 9.97 Å². The number of ether oxygens (including phenoxy) is 2. The van der Waals surface area contributed by atoms with Crippen LogP contribution in [0.3, 0.4) is 0 Å². The molecule has 0 spiro atoms. The Bertz CT molecular complexity index is 710. The maximum atomic E-state index is 5.73. The SMILES string of the molecule is Cc1cnc(COc2ccc(Oc3ccccc3)cc2)cn1. The third-order valence-electron chi connectivity index (χ3n) is 3.02. The number of rotatable bonds is 5. The lowest BCUT2D eigenvalue weighted by Crippen LogP contribution is -1.99. The van der Waals surface area contributed by atoms with Crippen LogP contribution in [0.5, 0.6) is 17.2 Å². The molecule has 2 aromatic carbocycles. The first-order valence-corrected chi connectivity index (χ1v) is 7.03. The van der Waals surface area contributed by atoms with Crippen LogP contribution in [0.25, 0.3) is 0 Å². The van der Waals surface area contributed by atoms with Gasteiger partial charge >= 0.3 is 0 Å². The fourth-order valence-electron chi connectivity index (χ4n) is 1.88. The van der Waals surface area contributed by atoms with Gasteiger partial charge in [-0.05, 0) is 43.3 Å². The molecule has 0 saturated carbocycles. The van der Waals surface area contributed by atoms with E-state index in [9.17, 15) is 0 Å². The van der Waals surface area contributed by atoms with Crippen molar-refractivity contribution in [2.24, 2.45) is 0 Å². The highest BCUT2D eigenvalue weighted by molar-refractivity contribution is 5.35. The predicted molar refractivity (Wildman–Crippen MR) is 84.1 cm³/mol. The van der Waals surface area contributed by atoms with Crippen LogP contribution in [-0.2, 0) is 6.61 Å². The van der Waals surface area contributed by atoms with Crippen molar-refractivity contribution >= 4 is 0 Å². The molecule has 0 N–H and O–H groups in total. The third-order valence-corrected chi connectivity index (χ3v) is 3.02. The van der Waals surface area contributed by atoms with Gasteiger partial charge in [0.05, 0.1) is 17.6 Å². The first-order chi connectivity index (χ1) is 10.8. The van der Waals surface area contributed by atoms with Gasteiger partial charge in [0.25, 0.3) is 0 Å². The van der Waals surface area contributed by atoms with Gasteiger partial charge in [0.2, 0.25) is 0 Å². The predicted octanol–water partition coefficient (Wildman–Crippen LogP) is 4.16. The van der Waals surface area contributed by atoms with E-state index >= 15 is 0 Å². The minimum absolute atomic E-state index is 0.395. The Morgan fingerprint density at radius 3 is 2.14 bits per heavy atom. The summed E-state index contributed by atoms with van der Waals surface area (Å²) in [6.07, 6.45) is 3.46. The van der Waals surface area contributed by atoms with E-state index in [1.165, 1.54) is 0 Å². The van der Waals surface area contributed by atoms with Crippen molar-refractivity contribution in [2.45, 2.75) is 13.5 Å². The number of aromatic nitrogens is 2. The first-order valence-electron chi connectivity index (χ1n) is 7.03. The lowest BCUT2D eigenvalue weighted by molar-refractivity contribution is 0.300. The number of hydrogen-bond donors (Lipinski definition) is 0. The normalized spacial score (nSPS) is 10.2. The Labute approximate surface area is 129 Å². The van der Waals surface area contributed by atoms with Gasteiger partial charge < -0.3 is 9.47 Å². The van der Waals surface area contributed by atoms with E-state index in [4.69, 9.17) is 9.47 Å². The Hall–Kier alpha value is -2.88. The Balaban J connectivity index is 1.58. The highest BCUT2D eigenvalue weighted by Crippen LogP contribution is 2.23. The van der Waals surface area contributed by atoms with Gasteiger partial charge in [-0.1, -0.05) is 18.2 Å². The Kier molecular flexibility index (Phi) is 4.30. The van der Waals surface area contributed by atoms with Gasteiger partial charge in [-0.15, -0.1) is 0 Å². The molecule has 0 fully saturated rings. The molecule has 0 radical (unpaired) electrons. The van der Waals surface area contributed by atoms with Crippen molar-refractivity contribution < 1.29 is 9.47 Å². The summed E-state index contributed by atoms with van der Waals surface area (Å²) in [6.45, 7) is 2.30. The fraction of sp³-hybridized carbons (Fsp3) is 0.111. The monoisotopic (exact) mass is 292 g/mol. The van der Waals surface area contributed by atoms with E-state index in [2.05, 4.69) is 9.97 Å². The molecule has 1 aromatic heterocycles. The average Bonchev–Trinajstić information content (AvgIpc) is 2.57. The van der Waals surface area contributed by atoms with Crippen LogP contribution in [0.15, 0.2) is 67.0 Å². The molecular formula is C18H16N2O2. The average molecular weight is 292 g/mol. The summed E-state index contributed by atoms with van der Waals surface area (Å²) in [5, 5.41) is 0. The minimum Gasteiger partial charge on any atom is -0.487 e. The molecule has 0 atom stereocenters. The molecule has 4 nitrogen and oxygen atoms in total. The zero-order valence-electron chi connectivity index (χ0n) is 12.3. The van der Waals surface area contributed by atoms with Crippen molar-refractivity contribution in [3.8, 4) is 17.2 Å². The summed E-state index contributed by atoms with van der Waals surface area (Å²) in [7, 11) is 0. The van der Waals surface area contributed by atoms with Crippen molar-refractivity contribution in [3.63, 3.8) is 0 Å². The van der Waals surface area contributed by atoms with Crippen LogP contribution in [0.1, 0.15) is 11.4 Å². The summed E-state index contributed by atoms with van der Waals surface area (Å²) < 4.78 is 11.4. The third kappa shape index (κ3) is 3.82.